The predicted octanol–water partition coefficient (Wildman–Crippen LogP) is 5.42. The quantitative estimate of drug-likeness (QED) is 0.721. The second kappa shape index (κ2) is 8.19. The fourth-order valence-corrected chi connectivity index (χ4v) is 4.23. The van der Waals surface area contributed by atoms with Gasteiger partial charge in [-0.1, -0.05) is 43.7 Å². The molecule has 1 aliphatic heterocycles. The highest BCUT2D eigenvalue weighted by Crippen LogP contribution is 2.38. The number of hydrogen-bond donors (Lipinski definition) is 1. The van der Waals surface area contributed by atoms with Gasteiger partial charge in [-0.2, -0.15) is 13.2 Å². The molecule has 1 N–H and O–H groups in total. The number of likely N-dealkylation sites (N-methyl/N-ethyl adjacent to an activating group) is 1. The molecule has 1 amide bonds. The average molecular weight is 404 g/mol. The van der Waals surface area contributed by atoms with Gasteiger partial charge >= 0.3 is 6.18 Å². The Morgan fingerprint density at radius 2 is 1.83 bits per heavy atom. The molecule has 0 aromatic heterocycles. The monoisotopic (exact) mass is 404 g/mol. The van der Waals surface area contributed by atoms with Gasteiger partial charge in [-0.3, -0.25) is 10.1 Å². The van der Waals surface area contributed by atoms with E-state index in [1.54, 1.807) is 19.0 Å². The molecule has 0 saturated carbocycles. The van der Waals surface area contributed by atoms with E-state index in [-0.39, 0.29) is 11.9 Å². The fraction of sp³-hybridized carbons (Fsp3) is 0.435. The van der Waals surface area contributed by atoms with Gasteiger partial charge < -0.3 is 4.90 Å². The fourth-order valence-electron chi connectivity index (χ4n) is 4.23. The lowest BCUT2D eigenvalue weighted by Crippen LogP contribution is -2.53. The second-order valence-corrected chi connectivity index (χ2v) is 7.97. The minimum absolute atomic E-state index is 0.0415. The van der Waals surface area contributed by atoms with Gasteiger partial charge in [0.05, 0.1) is 11.1 Å². The third-order valence-corrected chi connectivity index (χ3v) is 5.64. The van der Waals surface area contributed by atoms with Crippen LogP contribution in [-0.4, -0.2) is 30.4 Å². The first-order valence-corrected chi connectivity index (χ1v) is 9.93. The standard InChI is InChI=1S/C23H27F3N2O/c1-4-13-22(21(29)28(2)3)14-12-20(27-22)18-7-5-6-17(15-18)16-8-10-19(11-9-16)23(24,25)26/h5-11,15,20,27H,4,12-14H2,1-3H3. The van der Waals surface area contributed by atoms with Gasteiger partial charge in [-0.05, 0) is 54.2 Å². The molecule has 0 spiro atoms. The van der Waals surface area contributed by atoms with Crippen LogP contribution in [0.4, 0.5) is 13.2 Å². The van der Waals surface area contributed by atoms with Gasteiger partial charge in [-0.15, -0.1) is 0 Å². The Morgan fingerprint density at radius 3 is 2.41 bits per heavy atom. The van der Waals surface area contributed by atoms with Crippen LogP contribution in [0, 0.1) is 0 Å². The van der Waals surface area contributed by atoms with E-state index in [2.05, 4.69) is 12.2 Å². The summed E-state index contributed by atoms with van der Waals surface area (Å²) in [6.07, 6.45) is -1.04. The number of alkyl halides is 3. The Bertz CT molecular complexity index is 861. The number of hydrogen-bond acceptors (Lipinski definition) is 2. The average Bonchev–Trinajstić information content (AvgIpc) is 3.12. The molecule has 3 nitrogen and oxygen atoms in total. The number of rotatable bonds is 5. The number of carbonyl (C=O) groups excluding carboxylic acids is 1. The van der Waals surface area contributed by atoms with Gasteiger partial charge in [0.15, 0.2) is 0 Å². The van der Waals surface area contributed by atoms with E-state index in [0.717, 1.165) is 54.5 Å². The Hall–Kier alpha value is -2.34. The molecule has 1 saturated heterocycles. The van der Waals surface area contributed by atoms with Crippen molar-refractivity contribution in [3.05, 3.63) is 59.7 Å². The zero-order valence-electron chi connectivity index (χ0n) is 17.0. The molecule has 2 unspecified atom stereocenters. The summed E-state index contributed by atoms with van der Waals surface area (Å²) in [7, 11) is 3.56. The molecule has 29 heavy (non-hydrogen) atoms. The Balaban J connectivity index is 1.84. The zero-order valence-corrected chi connectivity index (χ0v) is 17.0. The number of benzene rings is 2. The van der Waals surface area contributed by atoms with E-state index in [4.69, 9.17) is 0 Å². The second-order valence-electron chi connectivity index (χ2n) is 7.97. The largest absolute Gasteiger partial charge is 0.416 e. The minimum atomic E-state index is -4.34. The van der Waals surface area contributed by atoms with E-state index in [1.165, 1.54) is 12.1 Å². The number of nitrogens with one attached hydrogen (secondary N) is 1. The molecule has 2 aromatic carbocycles. The molecule has 156 valence electrons. The van der Waals surface area contributed by atoms with Crippen LogP contribution < -0.4 is 5.32 Å². The van der Waals surface area contributed by atoms with Crippen LogP contribution in [-0.2, 0) is 11.0 Å². The van der Waals surface area contributed by atoms with Gasteiger partial charge in [0, 0.05) is 20.1 Å². The van der Waals surface area contributed by atoms with Crippen LogP contribution in [0.5, 0.6) is 0 Å². The SMILES string of the molecule is CCCC1(C(=O)N(C)C)CCC(c2cccc(-c3ccc(C(F)(F)F)cc3)c2)N1. The molecule has 2 aromatic rings. The number of nitrogens with zero attached hydrogens (tertiary/aromatic N) is 1. The lowest BCUT2D eigenvalue weighted by atomic mass is 9.90. The molecule has 1 heterocycles. The van der Waals surface area contributed by atoms with Crippen LogP contribution in [0.3, 0.4) is 0 Å². The first-order chi connectivity index (χ1) is 13.7. The maximum atomic E-state index is 12.8. The summed E-state index contributed by atoms with van der Waals surface area (Å²) >= 11 is 0. The van der Waals surface area contributed by atoms with Crippen molar-refractivity contribution in [2.24, 2.45) is 0 Å². The summed E-state index contributed by atoms with van der Waals surface area (Å²) in [4.78, 5) is 14.4. The summed E-state index contributed by atoms with van der Waals surface area (Å²) < 4.78 is 38.4. The van der Waals surface area contributed by atoms with Crippen molar-refractivity contribution in [3.63, 3.8) is 0 Å². The van der Waals surface area contributed by atoms with Gasteiger partial charge in [-0.25, -0.2) is 0 Å². The lowest BCUT2D eigenvalue weighted by Gasteiger charge is -2.32. The molecule has 2 atom stereocenters. The highest BCUT2D eigenvalue weighted by molar-refractivity contribution is 5.86. The van der Waals surface area contributed by atoms with E-state index in [1.807, 2.05) is 24.3 Å². The Morgan fingerprint density at radius 1 is 1.14 bits per heavy atom. The van der Waals surface area contributed by atoms with Gasteiger partial charge in [0.1, 0.15) is 0 Å². The number of amides is 1. The summed E-state index contributed by atoms with van der Waals surface area (Å²) in [5, 5.41) is 3.57. The third-order valence-electron chi connectivity index (χ3n) is 5.64. The van der Waals surface area contributed by atoms with Crippen molar-refractivity contribution in [1.29, 1.82) is 0 Å². The van der Waals surface area contributed by atoms with E-state index < -0.39 is 17.3 Å². The molecular weight excluding hydrogens is 377 g/mol. The van der Waals surface area contributed by atoms with Crippen molar-refractivity contribution in [2.75, 3.05) is 14.1 Å². The Labute approximate surface area is 169 Å². The molecule has 1 aliphatic rings. The zero-order chi connectivity index (χ0) is 21.2. The van der Waals surface area contributed by atoms with E-state index in [9.17, 15) is 18.0 Å². The molecular formula is C23H27F3N2O. The lowest BCUT2D eigenvalue weighted by molar-refractivity contribution is -0.137. The minimum Gasteiger partial charge on any atom is -0.347 e. The maximum Gasteiger partial charge on any atom is 0.416 e. The summed E-state index contributed by atoms with van der Waals surface area (Å²) in [6, 6.07) is 13.1. The van der Waals surface area contributed by atoms with Crippen LogP contribution >= 0.6 is 0 Å². The highest BCUT2D eigenvalue weighted by Gasteiger charge is 2.45. The van der Waals surface area contributed by atoms with Crippen LogP contribution in [0.1, 0.15) is 49.8 Å². The maximum absolute atomic E-state index is 12.8. The first-order valence-electron chi connectivity index (χ1n) is 9.93. The summed E-state index contributed by atoms with van der Waals surface area (Å²) in [5.41, 5.74) is 1.45. The predicted molar refractivity (Wildman–Crippen MR) is 108 cm³/mol. The molecule has 0 radical (unpaired) electrons. The first kappa shape index (κ1) is 21.4. The van der Waals surface area contributed by atoms with Crippen LogP contribution in [0.15, 0.2) is 48.5 Å². The van der Waals surface area contributed by atoms with Gasteiger partial charge in [0.25, 0.3) is 0 Å². The molecule has 0 bridgehead atoms. The molecule has 3 rings (SSSR count). The van der Waals surface area contributed by atoms with Crippen molar-refractivity contribution < 1.29 is 18.0 Å². The van der Waals surface area contributed by atoms with E-state index >= 15 is 0 Å². The number of halogens is 3. The number of carbonyl (C=O) groups is 1. The smallest absolute Gasteiger partial charge is 0.347 e. The topological polar surface area (TPSA) is 32.3 Å². The van der Waals surface area contributed by atoms with Crippen molar-refractivity contribution in [1.82, 2.24) is 10.2 Å². The normalized spacial score (nSPS) is 21.9. The summed E-state index contributed by atoms with van der Waals surface area (Å²) in [6.45, 7) is 2.07. The van der Waals surface area contributed by atoms with Crippen LogP contribution in [0.25, 0.3) is 11.1 Å². The summed E-state index contributed by atoms with van der Waals surface area (Å²) in [5.74, 6) is 0.0979. The Kier molecular flexibility index (Phi) is 6.03. The molecule has 6 heteroatoms. The van der Waals surface area contributed by atoms with Crippen LogP contribution in [0.2, 0.25) is 0 Å². The molecule has 0 aliphatic carbocycles. The van der Waals surface area contributed by atoms with Crippen molar-refractivity contribution >= 4 is 5.91 Å². The van der Waals surface area contributed by atoms with E-state index in [0.29, 0.717) is 0 Å². The van der Waals surface area contributed by atoms with Crippen molar-refractivity contribution in [3.8, 4) is 11.1 Å². The third kappa shape index (κ3) is 4.47. The van der Waals surface area contributed by atoms with Crippen molar-refractivity contribution in [2.45, 2.75) is 50.4 Å². The molecule has 1 fully saturated rings. The highest BCUT2D eigenvalue weighted by atomic mass is 19.4. The van der Waals surface area contributed by atoms with Gasteiger partial charge in [0.2, 0.25) is 5.91 Å².